The molecule has 1 amide bonds. The first-order valence-electron chi connectivity index (χ1n) is 6.84. The van der Waals surface area contributed by atoms with Gasteiger partial charge in [0.15, 0.2) is 5.96 Å². The monoisotopic (exact) mass is 237 g/mol. The number of carbonyl (C=O) groups is 1. The third kappa shape index (κ3) is 2.45. The van der Waals surface area contributed by atoms with E-state index >= 15 is 0 Å². The Morgan fingerprint density at radius 1 is 1.35 bits per heavy atom. The number of nitrogens with one attached hydrogen (secondary N) is 2. The van der Waals surface area contributed by atoms with Gasteiger partial charge in [-0.25, -0.2) is 0 Å². The summed E-state index contributed by atoms with van der Waals surface area (Å²) in [5, 5.41) is 6.17. The molecule has 4 nitrogen and oxygen atoms in total. The molecule has 0 aromatic rings. The normalized spacial score (nSPS) is 35.1. The number of rotatable bonds is 3. The van der Waals surface area contributed by atoms with E-state index in [1.54, 1.807) is 0 Å². The zero-order valence-electron chi connectivity index (χ0n) is 10.9. The smallest absolute Gasteiger partial charge is 0.252 e. The van der Waals surface area contributed by atoms with Crippen LogP contribution in [0.3, 0.4) is 0 Å². The number of carbonyl (C=O) groups excluding carboxylic acids is 1. The summed E-state index contributed by atoms with van der Waals surface area (Å²) in [7, 11) is 0. The Hall–Kier alpha value is -1.06. The molecule has 1 saturated carbocycles. The van der Waals surface area contributed by atoms with Crippen LogP contribution in [0.15, 0.2) is 4.99 Å². The van der Waals surface area contributed by atoms with Crippen molar-refractivity contribution in [2.45, 2.75) is 57.9 Å². The fourth-order valence-corrected chi connectivity index (χ4v) is 3.00. The summed E-state index contributed by atoms with van der Waals surface area (Å²) in [6, 6.07) is 0. The largest absolute Gasteiger partial charge is 0.342 e. The molecule has 2 rings (SSSR count). The predicted octanol–water partition coefficient (Wildman–Crippen LogP) is 1.81. The summed E-state index contributed by atoms with van der Waals surface area (Å²) in [6.07, 6.45) is 6.77. The number of hydrogen-bond acceptors (Lipinski definition) is 2. The van der Waals surface area contributed by atoms with Gasteiger partial charge in [0.05, 0.1) is 0 Å². The summed E-state index contributed by atoms with van der Waals surface area (Å²) in [6.45, 7) is 4.91. The van der Waals surface area contributed by atoms with E-state index in [0.29, 0.717) is 12.5 Å². The van der Waals surface area contributed by atoms with Gasteiger partial charge in [0.25, 0.3) is 5.91 Å². The lowest BCUT2D eigenvalue weighted by molar-refractivity contribution is -0.125. The molecule has 0 unspecified atom stereocenters. The number of aliphatic imine (C=N–C) groups is 1. The second-order valence-electron chi connectivity index (χ2n) is 5.22. The van der Waals surface area contributed by atoms with E-state index in [2.05, 4.69) is 22.5 Å². The summed E-state index contributed by atoms with van der Waals surface area (Å²) in [5.74, 6) is 1.61. The van der Waals surface area contributed by atoms with Crippen LogP contribution in [0.1, 0.15) is 52.4 Å². The fourth-order valence-electron chi connectivity index (χ4n) is 3.00. The zero-order chi connectivity index (χ0) is 12.3. The molecule has 0 aromatic heterocycles. The van der Waals surface area contributed by atoms with Crippen molar-refractivity contribution >= 4 is 11.9 Å². The van der Waals surface area contributed by atoms with Gasteiger partial charge in [-0.15, -0.1) is 0 Å². The zero-order valence-corrected chi connectivity index (χ0v) is 10.9. The van der Waals surface area contributed by atoms with Crippen LogP contribution in [-0.2, 0) is 4.79 Å². The average molecular weight is 237 g/mol. The summed E-state index contributed by atoms with van der Waals surface area (Å²) in [5.41, 5.74) is -0.349. The minimum atomic E-state index is -0.349. The third-order valence-corrected chi connectivity index (χ3v) is 4.00. The number of amides is 1. The van der Waals surface area contributed by atoms with E-state index in [1.807, 2.05) is 6.92 Å². The van der Waals surface area contributed by atoms with Crippen LogP contribution in [0.2, 0.25) is 0 Å². The second-order valence-corrected chi connectivity index (χ2v) is 5.22. The summed E-state index contributed by atoms with van der Waals surface area (Å²) >= 11 is 0. The molecule has 96 valence electrons. The minimum absolute atomic E-state index is 0.125. The van der Waals surface area contributed by atoms with E-state index in [1.165, 1.54) is 12.8 Å². The predicted molar refractivity (Wildman–Crippen MR) is 68.9 cm³/mol. The van der Waals surface area contributed by atoms with Crippen LogP contribution >= 0.6 is 0 Å². The topological polar surface area (TPSA) is 53.5 Å². The van der Waals surface area contributed by atoms with Gasteiger partial charge in [-0.2, -0.15) is 0 Å². The maximum Gasteiger partial charge on any atom is 0.252 e. The molecule has 1 aliphatic heterocycles. The molecular weight excluding hydrogens is 214 g/mol. The quantitative estimate of drug-likeness (QED) is 0.786. The highest BCUT2D eigenvalue weighted by molar-refractivity contribution is 6.09. The van der Waals surface area contributed by atoms with Crippen molar-refractivity contribution < 1.29 is 4.79 Å². The lowest BCUT2D eigenvalue weighted by atomic mass is 9.75. The van der Waals surface area contributed by atoms with Crippen molar-refractivity contribution in [2.24, 2.45) is 10.9 Å². The lowest BCUT2D eigenvalue weighted by Crippen LogP contribution is -2.49. The molecule has 1 aliphatic carbocycles. The summed E-state index contributed by atoms with van der Waals surface area (Å²) in [4.78, 5) is 16.3. The van der Waals surface area contributed by atoms with Crippen LogP contribution < -0.4 is 10.6 Å². The van der Waals surface area contributed by atoms with Gasteiger partial charge in [-0.3, -0.25) is 15.1 Å². The van der Waals surface area contributed by atoms with Gasteiger partial charge in [-0.1, -0.05) is 19.8 Å². The third-order valence-electron chi connectivity index (χ3n) is 4.00. The molecule has 0 radical (unpaired) electrons. The number of hydrogen-bond donors (Lipinski definition) is 2. The van der Waals surface area contributed by atoms with E-state index in [0.717, 1.165) is 31.6 Å². The molecule has 1 spiro atoms. The Kier molecular flexibility index (Phi) is 3.69. The second kappa shape index (κ2) is 5.07. The first kappa shape index (κ1) is 12.4. The Labute approximate surface area is 103 Å². The van der Waals surface area contributed by atoms with Crippen molar-refractivity contribution in [3.05, 3.63) is 0 Å². The highest BCUT2D eigenvalue weighted by atomic mass is 16.2. The Morgan fingerprint density at radius 2 is 2.06 bits per heavy atom. The van der Waals surface area contributed by atoms with Crippen molar-refractivity contribution in [1.82, 2.24) is 10.6 Å². The van der Waals surface area contributed by atoms with Crippen LogP contribution in [0.5, 0.6) is 0 Å². The van der Waals surface area contributed by atoms with Crippen LogP contribution in [0.4, 0.5) is 0 Å². The van der Waals surface area contributed by atoms with Gasteiger partial charge < -0.3 is 5.32 Å². The molecule has 4 heteroatoms. The van der Waals surface area contributed by atoms with Crippen molar-refractivity contribution in [2.75, 3.05) is 6.54 Å². The number of nitrogens with zero attached hydrogens (tertiary/aromatic N) is 1. The Balaban J connectivity index is 1.98. The maximum atomic E-state index is 12.0. The Bertz CT molecular complexity index is 317. The van der Waals surface area contributed by atoms with Crippen LogP contribution in [0, 0.1) is 5.92 Å². The lowest BCUT2D eigenvalue weighted by Gasteiger charge is -2.34. The standard InChI is InChI=1S/C13H23N3O/c1-3-5-10-6-8-13(9-7-10)11(17)15-12(16-13)14-4-2/h10H,3-9H2,1-2H3,(H2,14,15,16,17). The van der Waals surface area contributed by atoms with Gasteiger partial charge >= 0.3 is 0 Å². The molecule has 17 heavy (non-hydrogen) atoms. The van der Waals surface area contributed by atoms with E-state index in [-0.39, 0.29) is 11.4 Å². The Morgan fingerprint density at radius 3 is 2.65 bits per heavy atom. The maximum absolute atomic E-state index is 12.0. The van der Waals surface area contributed by atoms with Gasteiger partial charge in [-0.05, 0) is 38.5 Å². The molecule has 0 bridgehead atoms. The number of guanidine groups is 1. The van der Waals surface area contributed by atoms with Crippen LogP contribution in [0.25, 0.3) is 0 Å². The van der Waals surface area contributed by atoms with E-state index < -0.39 is 0 Å². The van der Waals surface area contributed by atoms with Crippen molar-refractivity contribution in [3.8, 4) is 0 Å². The highest BCUT2D eigenvalue weighted by Crippen LogP contribution is 2.35. The van der Waals surface area contributed by atoms with E-state index in [9.17, 15) is 4.79 Å². The minimum Gasteiger partial charge on any atom is -0.342 e. The molecule has 1 heterocycles. The van der Waals surface area contributed by atoms with Crippen LogP contribution in [-0.4, -0.2) is 24.0 Å². The van der Waals surface area contributed by atoms with Gasteiger partial charge in [0, 0.05) is 6.54 Å². The SMILES string of the molecule is CCCC1CCC2(CC1)NC(=NCC)NC2=O. The first-order chi connectivity index (χ1) is 8.20. The molecule has 1 saturated heterocycles. The fraction of sp³-hybridized carbons (Fsp3) is 0.846. The molecule has 0 atom stereocenters. The molecule has 0 aromatic carbocycles. The summed E-state index contributed by atoms with van der Waals surface area (Å²) < 4.78 is 0. The first-order valence-corrected chi connectivity index (χ1v) is 6.84. The molecule has 2 N–H and O–H groups in total. The van der Waals surface area contributed by atoms with Gasteiger partial charge in [0.1, 0.15) is 5.54 Å². The van der Waals surface area contributed by atoms with Gasteiger partial charge in [0.2, 0.25) is 0 Å². The molecular formula is C13H23N3O. The highest BCUT2D eigenvalue weighted by Gasteiger charge is 2.46. The average Bonchev–Trinajstić information content (AvgIpc) is 2.60. The molecule has 2 fully saturated rings. The van der Waals surface area contributed by atoms with E-state index in [4.69, 9.17) is 0 Å². The van der Waals surface area contributed by atoms with Crippen molar-refractivity contribution in [3.63, 3.8) is 0 Å². The molecule has 2 aliphatic rings. The van der Waals surface area contributed by atoms with Crippen molar-refractivity contribution in [1.29, 1.82) is 0 Å².